The van der Waals surface area contributed by atoms with Crippen LogP contribution in [0.15, 0.2) is 66.1 Å². The van der Waals surface area contributed by atoms with Gasteiger partial charge in [-0.3, -0.25) is 9.36 Å². The Morgan fingerprint density at radius 2 is 2.04 bits per heavy atom. The molecule has 0 spiro atoms. The van der Waals surface area contributed by atoms with E-state index in [2.05, 4.69) is 10.3 Å². The van der Waals surface area contributed by atoms with Crippen molar-refractivity contribution in [2.75, 3.05) is 11.1 Å². The van der Waals surface area contributed by atoms with E-state index >= 15 is 0 Å². The van der Waals surface area contributed by atoms with E-state index in [1.54, 1.807) is 12.3 Å². The van der Waals surface area contributed by atoms with Crippen molar-refractivity contribution in [3.05, 3.63) is 71.5 Å². The number of halogens is 1. The molecule has 1 aromatic heterocycles. The van der Waals surface area contributed by atoms with Crippen LogP contribution in [-0.4, -0.2) is 21.2 Å². The fourth-order valence-electron chi connectivity index (χ4n) is 2.18. The van der Waals surface area contributed by atoms with Gasteiger partial charge in [-0.2, -0.15) is 0 Å². The molecule has 0 aliphatic heterocycles. The Bertz CT molecular complexity index is 848. The maximum absolute atomic E-state index is 12.1. The summed E-state index contributed by atoms with van der Waals surface area (Å²) in [6, 6.07) is 15.4. The molecule has 0 atom stereocenters. The molecule has 122 valence electrons. The fraction of sp³-hybridized carbons (Fsp3) is 0.111. The molecule has 24 heavy (non-hydrogen) atoms. The highest BCUT2D eigenvalue weighted by Crippen LogP contribution is 2.22. The predicted molar refractivity (Wildman–Crippen MR) is 99.1 cm³/mol. The van der Waals surface area contributed by atoms with Crippen molar-refractivity contribution in [2.45, 2.75) is 12.1 Å². The topological polar surface area (TPSA) is 46.9 Å². The third-order valence-corrected chi connectivity index (χ3v) is 4.80. The van der Waals surface area contributed by atoms with E-state index in [0.29, 0.717) is 10.7 Å². The van der Waals surface area contributed by atoms with Crippen molar-refractivity contribution in [1.29, 1.82) is 0 Å². The first-order valence-corrected chi connectivity index (χ1v) is 8.77. The minimum atomic E-state index is -0.0949. The van der Waals surface area contributed by atoms with E-state index in [9.17, 15) is 4.79 Å². The van der Waals surface area contributed by atoms with E-state index in [-0.39, 0.29) is 11.7 Å². The summed E-state index contributed by atoms with van der Waals surface area (Å²) in [6.45, 7) is 1.92. The van der Waals surface area contributed by atoms with Gasteiger partial charge in [0.25, 0.3) is 0 Å². The summed E-state index contributed by atoms with van der Waals surface area (Å²) in [6.07, 6.45) is 3.61. The van der Waals surface area contributed by atoms with Crippen molar-refractivity contribution >= 4 is 35.0 Å². The Labute approximate surface area is 149 Å². The van der Waals surface area contributed by atoms with E-state index < -0.39 is 0 Å². The van der Waals surface area contributed by atoms with E-state index in [1.165, 1.54) is 11.8 Å². The van der Waals surface area contributed by atoms with E-state index in [4.69, 9.17) is 11.6 Å². The zero-order valence-corrected chi connectivity index (χ0v) is 14.6. The molecule has 0 bridgehead atoms. The van der Waals surface area contributed by atoms with Gasteiger partial charge in [-0.25, -0.2) is 4.98 Å². The van der Waals surface area contributed by atoms with Gasteiger partial charge in [-0.1, -0.05) is 47.6 Å². The zero-order chi connectivity index (χ0) is 16.9. The minimum Gasteiger partial charge on any atom is -0.325 e. The average Bonchev–Trinajstić information content (AvgIpc) is 3.06. The van der Waals surface area contributed by atoms with Crippen LogP contribution in [0.2, 0.25) is 5.02 Å². The molecule has 4 nitrogen and oxygen atoms in total. The lowest BCUT2D eigenvalue weighted by Crippen LogP contribution is -2.14. The number of imidazole rings is 1. The second kappa shape index (κ2) is 7.55. The molecule has 3 rings (SSSR count). The first-order valence-electron chi connectivity index (χ1n) is 7.41. The van der Waals surface area contributed by atoms with Crippen LogP contribution in [0.25, 0.3) is 5.69 Å². The Morgan fingerprint density at radius 3 is 2.79 bits per heavy atom. The second-order valence-corrected chi connectivity index (χ2v) is 6.57. The van der Waals surface area contributed by atoms with Crippen LogP contribution in [0.1, 0.15) is 5.56 Å². The Morgan fingerprint density at radius 1 is 1.25 bits per heavy atom. The van der Waals surface area contributed by atoms with Crippen LogP contribution in [-0.2, 0) is 4.79 Å². The molecule has 0 aliphatic rings. The highest BCUT2D eigenvalue weighted by atomic mass is 35.5. The third kappa shape index (κ3) is 3.99. The van der Waals surface area contributed by atoms with Crippen LogP contribution in [0.4, 0.5) is 5.69 Å². The molecule has 0 saturated carbocycles. The molecule has 1 heterocycles. The molecular formula is C18H16ClN3OS. The van der Waals surface area contributed by atoms with Crippen LogP contribution < -0.4 is 5.32 Å². The summed E-state index contributed by atoms with van der Waals surface area (Å²) < 4.78 is 1.96. The summed E-state index contributed by atoms with van der Waals surface area (Å²) in [5, 5.41) is 4.27. The molecule has 0 fully saturated rings. The van der Waals surface area contributed by atoms with Gasteiger partial charge in [0.1, 0.15) is 0 Å². The summed E-state index contributed by atoms with van der Waals surface area (Å²) >= 11 is 7.46. The number of carbonyl (C=O) groups excluding carboxylic acids is 1. The second-order valence-electron chi connectivity index (χ2n) is 5.22. The SMILES string of the molecule is Cc1ccc(NC(=O)CSc2nccn2-c2ccccc2)cc1Cl. The molecule has 0 radical (unpaired) electrons. The molecule has 3 aromatic rings. The van der Waals surface area contributed by atoms with Gasteiger partial charge in [-0.15, -0.1) is 0 Å². The maximum atomic E-state index is 12.1. The smallest absolute Gasteiger partial charge is 0.234 e. The quantitative estimate of drug-likeness (QED) is 0.680. The van der Waals surface area contributed by atoms with Crippen LogP contribution in [0, 0.1) is 6.92 Å². The molecule has 1 N–H and O–H groups in total. The van der Waals surface area contributed by atoms with Crippen molar-refractivity contribution in [3.8, 4) is 5.69 Å². The monoisotopic (exact) mass is 357 g/mol. The van der Waals surface area contributed by atoms with Crippen LogP contribution in [0.3, 0.4) is 0 Å². The van der Waals surface area contributed by atoms with E-state index in [0.717, 1.165) is 16.4 Å². The molecule has 2 aromatic carbocycles. The lowest BCUT2D eigenvalue weighted by Gasteiger charge is -2.08. The number of anilines is 1. The molecule has 6 heteroatoms. The van der Waals surface area contributed by atoms with Crippen molar-refractivity contribution < 1.29 is 4.79 Å². The summed E-state index contributed by atoms with van der Waals surface area (Å²) in [4.78, 5) is 16.5. The number of hydrogen-bond acceptors (Lipinski definition) is 3. The van der Waals surface area contributed by atoms with Gasteiger partial charge >= 0.3 is 0 Å². The molecule has 0 unspecified atom stereocenters. The number of thioether (sulfide) groups is 1. The molecule has 0 saturated heterocycles. The number of rotatable bonds is 5. The summed E-state index contributed by atoms with van der Waals surface area (Å²) in [5.74, 6) is 0.178. The lowest BCUT2D eigenvalue weighted by molar-refractivity contribution is -0.113. The first-order chi connectivity index (χ1) is 11.6. The lowest BCUT2D eigenvalue weighted by atomic mass is 10.2. The first kappa shape index (κ1) is 16.6. The number of nitrogens with one attached hydrogen (secondary N) is 1. The van der Waals surface area contributed by atoms with Crippen LogP contribution >= 0.6 is 23.4 Å². The average molecular weight is 358 g/mol. The van der Waals surface area contributed by atoms with Crippen molar-refractivity contribution in [1.82, 2.24) is 9.55 Å². The van der Waals surface area contributed by atoms with Crippen LogP contribution in [0.5, 0.6) is 0 Å². The van der Waals surface area contributed by atoms with Gasteiger partial charge in [-0.05, 0) is 36.8 Å². The predicted octanol–water partition coefficient (Wildman–Crippen LogP) is 4.56. The minimum absolute atomic E-state index is 0.0949. The highest BCUT2D eigenvalue weighted by Gasteiger charge is 2.09. The van der Waals surface area contributed by atoms with Gasteiger partial charge in [0.05, 0.1) is 5.75 Å². The fourth-order valence-corrected chi connectivity index (χ4v) is 3.13. The Balaban J connectivity index is 1.63. The third-order valence-electron chi connectivity index (χ3n) is 3.43. The summed E-state index contributed by atoms with van der Waals surface area (Å²) in [5.41, 5.74) is 2.69. The largest absolute Gasteiger partial charge is 0.325 e. The molecule has 0 aliphatic carbocycles. The normalized spacial score (nSPS) is 10.6. The number of aryl methyl sites for hydroxylation is 1. The van der Waals surface area contributed by atoms with Crippen molar-refractivity contribution in [3.63, 3.8) is 0 Å². The standard InChI is InChI=1S/C18H16ClN3OS/c1-13-7-8-14(11-16(13)19)21-17(23)12-24-18-20-9-10-22(18)15-5-3-2-4-6-15/h2-11H,12H2,1H3,(H,21,23). The van der Waals surface area contributed by atoms with Gasteiger partial charge in [0.2, 0.25) is 5.91 Å². The number of aromatic nitrogens is 2. The maximum Gasteiger partial charge on any atom is 0.234 e. The van der Waals surface area contributed by atoms with Gasteiger partial charge < -0.3 is 5.32 Å². The highest BCUT2D eigenvalue weighted by molar-refractivity contribution is 7.99. The number of carbonyl (C=O) groups is 1. The Hall–Kier alpha value is -2.24. The zero-order valence-electron chi connectivity index (χ0n) is 13.1. The van der Waals surface area contributed by atoms with Gasteiger partial charge in [0.15, 0.2) is 5.16 Å². The van der Waals surface area contributed by atoms with Crippen molar-refractivity contribution in [2.24, 2.45) is 0 Å². The molecule has 1 amide bonds. The Kier molecular flexibility index (Phi) is 5.23. The number of hydrogen-bond donors (Lipinski definition) is 1. The number of nitrogens with zero attached hydrogens (tertiary/aromatic N) is 2. The number of amides is 1. The summed E-state index contributed by atoms with van der Waals surface area (Å²) in [7, 11) is 0. The van der Waals surface area contributed by atoms with Gasteiger partial charge in [0, 0.05) is 28.8 Å². The number of benzene rings is 2. The number of para-hydroxylation sites is 1. The molecular weight excluding hydrogens is 342 g/mol. The van der Waals surface area contributed by atoms with E-state index in [1.807, 2.05) is 60.2 Å².